The summed E-state index contributed by atoms with van der Waals surface area (Å²) in [4.78, 5) is 35.9. The number of nitrogens with one attached hydrogen (secondary N) is 2. The van der Waals surface area contributed by atoms with Gasteiger partial charge in [0.05, 0.1) is 6.04 Å². The van der Waals surface area contributed by atoms with Gasteiger partial charge in [0, 0.05) is 6.42 Å². The Hall–Kier alpha value is -2.61. The average Bonchev–Trinajstić information content (AvgIpc) is 2.54. The van der Waals surface area contributed by atoms with Gasteiger partial charge < -0.3 is 26.6 Å². The molecule has 6 N–H and O–H groups in total. The van der Waals surface area contributed by atoms with E-state index in [0.29, 0.717) is 12.0 Å². The maximum Gasteiger partial charge on any atom is 0.326 e. The summed E-state index contributed by atoms with van der Waals surface area (Å²) in [7, 11) is 0. The standard InChI is InChI=1S/C18H27N3O5/c1-10(2)8-14(20-16(23)11(3)19)17(24)21-15(18(25)26)9-12-4-6-13(22)7-5-12/h4-7,10-11,14-15,22H,8-9,19H2,1-3H3,(H,20,23)(H,21,24)(H,25,26). The zero-order valence-electron chi connectivity index (χ0n) is 15.2. The minimum absolute atomic E-state index is 0.0526. The molecule has 0 aliphatic rings. The first-order valence-electron chi connectivity index (χ1n) is 8.47. The van der Waals surface area contributed by atoms with Gasteiger partial charge in [0.1, 0.15) is 17.8 Å². The van der Waals surface area contributed by atoms with Crippen molar-refractivity contribution in [1.82, 2.24) is 10.6 Å². The first-order chi connectivity index (χ1) is 12.1. The van der Waals surface area contributed by atoms with Crippen LogP contribution in [0, 0.1) is 5.92 Å². The molecule has 3 unspecified atom stereocenters. The van der Waals surface area contributed by atoms with Gasteiger partial charge in [0.25, 0.3) is 0 Å². The van der Waals surface area contributed by atoms with Crippen LogP contribution in [-0.2, 0) is 20.8 Å². The van der Waals surface area contributed by atoms with Crippen molar-refractivity contribution in [1.29, 1.82) is 0 Å². The van der Waals surface area contributed by atoms with Gasteiger partial charge in [-0.1, -0.05) is 26.0 Å². The molecule has 0 saturated carbocycles. The van der Waals surface area contributed by atoms with Crippen molar-refractivity contribution < 1.29 is 24.6 Å². The fourth-order valence-electron chi connectivity index (χ4n) is 2.35. The molecule has 0 bridgehead atoms. The van der Waals surface area contributed by atoms with Gasteiger partial charge in [0.15, 0.2) is 0 Å². The van der Waals surface area contributed by atoms with Crippen molar-refractivity contribution in [2.45, 2.75) is 51.7 Å². The number of carboxylic acids is 1. The highest BCUT2D eigenvalue weighted by molar-refractivity contribution is 5.91. The lowest BCUT2D eigenvalue weighted by Crippen LogP contribution is -2.54. The van der Waals surface area contributed by atoms with E-state index < -0.39 is 35.9 Å². The average molecular weight is 365 g/mol. The SMILES string of the molecule is CC(C)CC(NC(=O)C(C)N)C(=O)NC(Cc1ccc(O)cc1)C(=O)O. The van der Waals surface area contributed by atoms with Crippen LogP contribution in [-0.4, -0.2) is 46.1 Å². The normalized spacial score (nSPS) is 14.3. The summed E-state index contributed by atoms with van der Waals surface area (Å²) in [6, 6.07) is 3.26. The molecule has 1 aromatic rings. The number of carboxylic acid groups (broad SMARTS) is 1. The number of aromatic hydroxyl groups is 1. The summed E-state index contributed by atoms with van der Waals surface area (Å²) in [5.74, 6) is -2.05. The van der Waals surface area contributed by atoms with Gasteiger partial charge in [-0.15, -0.1) is 0 Å². The topological polar surface area (TPSA) is 142 Å². The Morgan fingerprint density at radius 3 is 2.00 bits per heavy atom. The third-order valence-electron chi connectivity index (χ3n) is 3.74. The molecule has 144 valence electrons. The minimum Gasteiger partial charge on any atom is -0.508 e. The number of amides is 2. The second-order valence-electron chi connectivity index (χ2n) is 6.75. The molecular formula is C18H27N3O5. The maximum atomic E-state index is 12.5. The second-order valence-corrected chi connectivity index (χ2v) is 6.75. The first-order valence-corrected chi connectivity index (χ1v) is 8.47. The van der Waals surface area contributed by atoms with E-state index in [9.17, 15) is 24.6 Å². The molecule has 0 aromatic heterocycles. The Balaban J connectivity index is 2.85. The quantitative estimate of drug-likeness (QED) is 0.428. The zero-order valence-corrected chi connectivity index (χ0v) is 15.2. The van der Waals surface area contributed by atoms with Gasteiger partial charge in [0.2, 0.25) is 11.8 Å². The molecule has 8 nitrogen and oxygen atoms in total. The van der Waals surface area contributed by atoms with Crippen molar-refractivity contribution in [2.24, 2.45) is 11.7 Å². The molecule has 1 aromatic carbocycles. The first kappa shape index (κ1) is 21.4. The lowest BCUT2D eigenvalue weighted by Gasteiger charge is -2.23. The molecule has 0 radical (unpaired) electrons. The second kappa shape index (κ2) is 9.76. The Bertz CT molecular complexity index is 628. The van der Waals surface area contributed by atoms with Crippen LogP contribution in [0.4, 0.5) is 0 Å². The molecule has 0 spiro atoms. The van der Waals surface area contributed by atoms with Crippen molar-refractivity contribution >= 4 is 17.8 Å². The van der Waals surface area contributed by atoms with Crippen molar-refractivity contribution in [3.8, 4) is 5.75 Å². The number of phenolic OH excluding ortho intramolecular Hbond substituents is 1. The highest BCUT2D eigenvalue weighted by Gasteiger charge is 2.27. The summed E-state index contributed by atoms with van der Waals surface area (Å²) in [6.45, 7) is 5.29. The van der Waals surface area contributed by atoms with E-state index >= 15 is 0 Å². The van der Waals surface area contributed by atoms with Crippen LogP contribution in [0.15, 0.2) is 24.3 Å². The Labute approximate surface area is 152 Å². The Kier molecular flexibility index (Phi) is 8.05. The van der Waals surface area contributed by atoms with Crippen LogP contribution >= 0.6 is 0 Å². The molecule has 0 saturated heterocycles. The predicted molar refractivity (Wildman–Crippen MR) is 96.4 cm³/mol. The van der Waals surface area contributed by atoms with Crippen molar-refractivity contribution in [2.75, 3.05) is 0 Å². The summed E-state index contributed by atoms with van der Waals surface area (Å²) < 4.78 is 0. The van der Waals surface area contributed by atoms with Gasteiger partial charge in [-0.3, -0.25) is 9.59 Å². The van der Waals surface area contributed by atoms with Gasteiger partial charge in [-0.25, -0.2) is 4.79 Å². The number of benzene rings is 1. The lowest BCUT2D eigenvalue weighted by molar-refractivity contribution is -0.142. The number of hydrogen-bond acceptors (Lipinski definition) is 5. The van der Waals surface area contributed by atoms with Crippen molar-refractivity contribution in [3.63, 3.8) is 0 Å². The number of carbonyl (C=O) groups excluding carboxylic acids is 2. The minimum atomic E-state index is -1.19. The van der Waals surface area contributed by atoms with E-state index in [-0.39, 0.29) is 18.1 Å². The molecule has 1 rings (SSSR count). The number of carbonyl (C=O) groups is 3. The third-order valence-corrected chi connectivity index (χ3v) is 3.74. The van der Waals surface area contributed by atoms with E-state index in [2.05, 4.69) is 10.6 Å². The summed E-state index contributed by atoms with van der Waals surface area (Å²) in [5.41, 5.74) is 6.17. The van der Waals surface area contributed by atoms with E-state index in [4.69, 9.17) is 5.73 Å². The van der Waals surface area contributed by atoms with Crippen LogP contribution < -0.4 is 16.4 Å². The number of aliphatic carboxylic acids is 1. The number of phenols is 1. The predicted octanol–water partition coefficient (Wildman–Crippen LogP) is 0.382. The summed E-state index contributed by atoms with van der Waals surface area (Å²) >= 11 is 0. The van der Waals surface area contributed by atoms with Gasteiger partial charge >= 0.3 is 5.97 Å². The van der Waals surface area contributed by atoms with Crippen LogP contribution in [0.3, 0.4) is 0 Å². The van der Waals surface area contributed by atoms with Crippen LogP contribution in [0.2, 0.25) is 0 Å². The number of nitrogens with two attached hydrogens (primary N) is 1. The molecule has 2 amide bonds. The fraction of sp³-hybridized carbons (Fsp3) is 0.500. The lowest BCUT2D eigenvalue weighted by atomic mass is 10.0. The van der Waals surface area contributed by atoms with Crippen LogP contribution in [0.5, 0.6) is 5.75 Å². The molecule has 0 aliphatic carbocycles. The number of rotatable bonds is 9. The fourth-order valence-corrected chi connectivity index (χ4v) is 2.35. The Morgan fingerprint density at radius 2 is 1.54 bits per heavy atom. The van der Waals surface area contributed by atoms with Crippen LogP contribution in [0.25, 0.3) is 0 Å². The summed E-state index contributed by atoms with van der Waals surface area (Å²) in [5, 5.41) is 23.7. The molecule has 0 heterocycles. The monoisotopic (exact) mass is 365 g/mol. The summed E-state index contributed by atoms with van der Waals surface area (Å²) in [6.07, 6.45) is 0.410. The van der Waals surface area contributed by atoms with Crippen LogP contribution in [0.1, 0.15) is 32.8 Å². The molecule has 3 atom stereocenters. The van der Waals surface area contributed by atoms with Crippen molar-refractivity contribution in [3.05, 3.63) is 29.8 Å². The van der Waals surface area contributed by atoms with Gasteiger partial charge in [-0.05, 0) is 37.0 Å². The van der Waals surface area contributed by atoms with E-state index in [1.807, 2.05) is 13.8 Å². The molecule has 8 heteroatoms. The smallest absolute Gasteiger partial charge is 0.326 e. The number of hydrogen-bond donors (Lipinski definition) is 5. The van der Waals surface area contributed by atoms with E-state index in [1.54, 1.807) is 12.1 Å². The van der Waals surface area contributed by atoms with E-state index in [1.165, 1.54) is 19.1 Å². The Morgan fingerprint density at radius 1 is 1.00 bits per heavy atom. The maximum absolute atomic E-state index is 12.5. The molecule has 26 heavy (non-hydrogen) atoms. The largest absolute Gasteiger partial charge is 0.508 e. The molecular weight excluding hydrogens is 338 g/mol. The zero-order chi connectivity index (χ0) is 19.9. The van der Waals surface area contributed by atoms with E-state index in [0.717, 1.165) is 0 Å². The highest BCUT2D eigenvalue weighted by atomic mass is 16.4. The highest BCUT2D eigenvalue weighted by Crippen LogP contribution is 2.12. The molecule has 0 fully saturated rings. The third kappa shape index (κ3) is 7.10. The van der Waals surface area contributed by atoms with Gasteiger partial charge in [-0.2, -0.15) is 0 Å². The molecule has 0 aliphatic heterocycles.